The number of nitrogens with zero attached hydrogens (tertiary/aromatic N) is 1. The van der Waals surface area contributed by atoms with E-state index in [2.05, 4.69) is 61.4 Å². The average Bonchev–Trinajstić information content (AvgIpc) is 3.10. The number of allylic oxidation sites excluding steroid dienone is 6. The lowest BCUT2D eigenvalue weighted by molar-refractivity contribution is 0.357. The lowest BCUT2D eigenvalue weighted by Crippen LogP contribution is -2.28. The van der Waals surface area contributed by atoms with Crippen LogP contribution in [-0.2, 0) is 0 Å². The molecule has 2 aliphatic rings. The molecule has 0 saturated carbocycles. The molecule has 0 N–H and O–H groups in total. The Morgan fingerprint density at radius 2 is 2.22 bits per heavy atom. The molecule has 1 aliphatic carbocycles. The molecule has 0 radical (unpaired) electrons. The fourth-order valence-electron chi connectivity index (χ4n) is 3.31. The number of hydrogen-bond acceptors (Lipinski definition) is 2. The van der Waals surface area contributed by atoms with Crippen LogP contribution in [0.1, 0.15) is 58.8 Å². The maximum Gasteiger partial charge on any atom is 0.0473 e. The van der Waals surface area contributed by atoms with E-state index < -0.39 is 0 Å². The van der Waals surface area contributed by atoms with Crippen molar-refractivity contribution >= 4 is 11.8 Å². The second-order valence-corrected chi connectivity index (χ2v) is 8.04. The van der Waals surface area contributed by atoms with E-state index in [-0.39, 0.29) is 0 Å². The number of unbranched alkanes of at least 4 members (excludes halogenated alkanes) is 1. The number of hydrogen-bond donors (Lipinski definition) is 0. The van der Waals surface area contributed by atoms with Gasteiger partial charge in [0, 0.05) is 24.0 Å². The van der Waals surface area contributed by atoms with Gasteiger partial charge in [0.25, 0.3) is 0 Å². The number of likely N-dealkylation sites (tertiary alicyclic amines) is 1. The number of thioether (sulfide) groups is 1. The van der Waals surface area contributed by atoms with Crippen LogP contribution in [0.3, 0.4) is 0 Å². The predicted octanol–water partition coefficient (Wildman–Crippen LogP) is 6.11. The molecule has 1 nitrogen and oxygen atoms in total. The van der Waals surface area contributed by atoms with Gasteiger partial charge in [-0.05, 0) is 51.2 Å². The Labute approximate surface area is 147 Å². The highest BCUT2D eigenvalue weighted by Gasteiger charge is 2.23. The monoisotopic (exact) mass is 331 g/mol. The molecule has 23 heavy (non-hydrogen) atoms. The van der Waals surface area contributed by atoms with Gasteiger partial charge in [-0.2, -0.15) is 11.8 Å². The van der Waals surface area contributed by atoms with Crippen LogP contribution in [0.15, 0.2) is 47.7 Å². The molecule has 128 valence electrons. The standard InChI is InChI=1S/C21H33NS/c1-4-5-15-23-16-14-22-19(3)11-13-21(22)9-7-6-8-20-12-10-18(2)17-20/h7,9-10,12,21H,3-6,8,11,13-17H2,1-2H3/b9-7+. The van der Waals surface area contributed by atoms with E-state index in [0.717, 1.165) is 6.54 Å². The van der Waals surface area contributed by atoms with Crippen LogP contribution in [0.4, 0.5) is 0 Å². The summed E-state index contributed by atoms with van der Waals surface area (Å²) in [7, 11) is 0. The van der Waals surface area contributed by atoms with Gasteiger partial charge in [0.15, 0.2) is 0 Å². The van der Waals surface area contributed by atoms with Crippen molar-refractivity contribution in [2.24, 2.45) is 0 Å². The Kier molecular flexibility index (Phi) is 8.08. The molecule has 0 aromatic carbocycles. The Hall–Kier alpha value is -0.890. The zero-order valence-corrected chi connectivity index (χ0v) is 15.8. The van der Waals surface area contributed by atoms with Crippen molar-refractivity contribution in [1.29, 1.82) is 0 Å². The van der Waals surface area contributed by atoms with Gasteiger partial charge in [0.05, 0.1) is 0 Å². The van der Waals surface area contributed by atoms with Gasteiger partial charge in [-0.15, -0.1) is 0 Å². The zero-order valence-electron chi connectivity index (χ0n) is 15.0. The minimum Gasteiger partial charge on any atom is -0.368 e. The summed E-state index contributed by atoms with van der Waals surface area (Å²) in [4.78, 5) is 2.54. The zero-order chi connectivity index (χ0) is 16.5. The summed E-state index contributed by atoms with van der Waals surface area (Å²) in [5, 5.41) is 0. The Morgan fingerprint density at radius 1 is 1.35 bits per heavy atom. The van der Waals surface area contributed by atoms with Gasteiger partial charge in [-0.1, -0.05) is 55.4 Å². The van der Waals surface area contributed by atoms with Gasteiger partial charge in [0.2, 0.25) is 0 Å². The van der Waals surface area contributed by atoms with Crippen LogP contribution in [0.2, 0.25) is 0 Å². The first-order valence-corrected chi connectivity index (χ1v) is 10.4. The third kappa shape index (κ3) is 6.25. The molecular formula is C21H33NS. The molecule has 2 rings (SSSR count). The molecule has 1 heterocycles. The Morgan fingerprint density at radius 3 is 2.96 bits per heavy atom. The highest BCUT2D eigenvalue weighted by Crippen LogP contribution is 2.28. The Balaban J connectivity index is 1.68. The van der Waals surface area contributed by atoms with E-state index in [1.807, 2.05) is 0 Å². The van der Waals surface area contributed by atoms with E-state index in [1.54, 1.807) is 5.57 Å². The van der Waals surface area contributed by atoms with Crippen LogP contribution in [-0.4, -0.2) is 29.0 Å². The molecular weight excluding hydrogens is 298 g/mol. The van der Waals surface area contributed by atoms with Gasteiger partial charge < -0.3 is 4.90 Å². The van der Waals surface area contributed by atoms with Crippen molar-refractivity contribution in [2.75, 3.05) is 18.1 Å². The highest BCUT2D eigenvalue weighted by molar-refractivity contribution is 7.99. The minimum atomic E-state index is 0.590. The largest absolute Gasteiger partial charge is 0.368 e. The second kappa shape index (κ2) is 10.1. The average molecular weight is 332 g/mol. The quantitative estimate of drug-likeness (QED) is 0.351. The van der Waals surface area contributed by atoms with Crippen molar-refractivity contribution in [2.45, 2.75) is 64.8 Å². The summed E-state index contributed by atoms with van der Waals surface area (Å²) >= 11 is 2.09. The van der Waals surface area contributed by atoms with Gasteiger partial charge in [-0.25, -0.2) is 0 Å². The third-order valence-electron chi connectivity index (χ3n) is 4.75. The summed E-state index contributed by atoms with van der Waals surface area (Å²) in [5.74, 6) is 2.54. The molecule has 0 amide bonds. The van der Waals surface area contributed by atoms with E-state index in [1.165, 1.54) is 67.7 Å². The van der Waals surface area contributed by atoms with Crippen molar-refractivity contribution in [3.63, 3.8) is 0 Å². The molecule has 2 heteroatoms. The van der Waals surface area contributed by atoms with Crippen LogP contribution < -0.4 is 0 Å². The molecule has 1 saturated heterocycles. The topological polar surface area (TPSA) is 3.24 Å². The molecule has 0 aromatic heterocycles. The van der Waals surface area contributed by atoms with Gasteiger partial charge >= 0.3 is 0 Å². The summed E-state index contributed by atoms with van der Waals surface area (Å²) in [6, 6.07) is 0.590. The van der Waals surface area contributed by atoms with Crippen molar-refractivity contribution in [3.05, 3.63) is 47.7 Å². The summed E-state index contributed by atoms with van der Waals surface area (Å²) in [6.07, 6.45) is 18.0. The lowest BCUT2D eigenvalue weighted by Gasteiger charge is -2.25. The maximum atomic E-state index is 4.27. The number of rotatable bonds is 10. The van der Waals surface area contributed by atoms with Crippen LogP contribution in [0, 0.1) is 0 Å². The maximum absolute atomic E-state index is 4.27. The second-order valence-electron chi connectivity index (χ2n) is 6.81. The normalized spacial score (nSPS) is 21.4. The van der Waals surface area contributed by atoms with Crippen molar-refractivity contribution < 1.29 is 0 Å². The Bertz CT molecular complexity index is 472. The van der Waals surface area contributed by atoms with Crippen LogP contribution >= 0.6 is 11.8 Å². The summed E-state index contributed by atoms with van der Waals surface area (Å²) in [6.45, 7) is 9.92. The predicted molar refractivity (Wildman–Crippen MR) is 106 cm³/mol. The van der Waals surface area contributed by atoms with Crippen LogP contribution in [0.25, 0.3) is 0 Å². The van der Waals surface area contributed by atoms with Crippen molar-refractivity contribution in [1.82, 2.24) is 4.90 Å². The van der Waals surface area contributed by atoms with E-state index in [9.17, 15) is 0 Å². The first-order chi connectivity index (χ1) is 11.2. The smallest absolute Gasteiger partial charge is 0.0473 e. The molecule has 0 bridgehead atoms. The molecule has 0 spiro atoms. The van der Waals surface area contributed by atoms with Gasteiger partial charge in [0.1, 0.15) is 0 Å². The third-order valence-corrected chi connectivity index (χ3v) is 5.80. The van der Waals surface area contributed by atoms with Crippen molar-refractivity contribution in [3.8, 4) is 0 Å². The fraction of sp³-hybridized carbons (Fsp3) is 0.619. The van der Waals surface area contributed by atoms with Crippen LogP contribution in [0.5, 0.6) is 0 Å². The fourth-order valence-corrected chi connectivity index (χ4v) is 4.34. The lowest BCUT2D eigenvalue weighted by atomic mass is 10.1. The van der Waals surface area contributed by atoms with E-state index in [0.29, 0.717) is 6.04 Å². The molecule has 1 fully saturated rings. The van der Waals surface area contributed by atoms with E-state index in [4.69, 9.17) is 0 Å². The molecule has 0 aromatic rings. The highest BCUT2D eigenvalue weighted by atomic mass is 32.2. The molecule has 1 aliphatic heterocycles. The van der Waals surface area contributed by atoms with E-state index >= 15 is 0 Å². The van der Waals surface area contributed by atoms with Gasteiger partial charge in [-0.3, -0.25) is 0 Å². The molecule has 1 unspecified atom stereocenters. The first-order valence-electron chi connectivity index (χ1n) is 9.24. The minimum absolute atomic E-state index is 0.590. The summed E-state index contributed by atoms with van der Waals surface area (Å²) < 4.78 is 0. The molecule has 1 atom stereocenters. The first kappa shape index (κ1) is 18.4. The SMILES string of the molecule is C=C1CCC(/C=C/CCC2=CC=C(C)C2)N1CCSCCCC. The summed E-state index contributed by atoms with van der Waals surface area (Å²) in [5.41, 5.74) is 4.43.